The molecule has 0 unspecified atom stereocenters. The molecule has 0 saturated carbocycles. The van der Waals surface area contributed by atoms with Gasteiger partial charge in [-0.2, -0.15) is 0 Å². The van der Waals surface area contributed by atoms with E-state index in [4.69, 9.17) is 0 Å². The summed E-state index contributed by atoms with van der Waals surface area (Å²) in [4.78, 5) is 0. The van der Waals surface area contributed by atoms with Crippen LogP contribution in [-0.4, -0.2) is 5.11 Å². The second-order valence-electron chi connectivity index (χ2n) is 4.42. The summed E-state index contributed by atoms with van der Waals surface area (Å²) >= 11 is 0. The molecule has 1 heteroatoms. The van der Waals surface area contributed by atoms with Crippen LogP contribution in [0.4, 0.5) is 0 Å². The van der Waals surface area contributed by atoms with Gasteiger partial charge in [-0.1, -0.05) is 59.7 Å². The maximum atomic E-state index is 9.92. The Morgan fingerprint density at radius 3 is 2.07 bits per heavy atom. The quantitative estimate of drug-likeness (QED) is 0.730. The summed E-state index contributed by atoms with van der Waals surface area (Å²) in [5.74, 6) is 0.470. The van der Waals surface area contributed by atoms with Crippen LogP contribution in [0.5, 0.6) is 5.75 Å². The Bertz CT molecular complexity index is 295. The molecule has 86 valence electrons. The van der Waals surface area contributed by atoms with Crippen molar-refractivity contribution in [3.05, 3.63) is 29.3 Å². The maximum Gasteiger partial charge on any atom is 0.122 e. The lowest BCUT2D eigenvalue weighted by molar-refractivity contribution is 0.441. The van der Waals surface area contributed by atoms with Crippen molar-refractivity contribution >= 4 is 0 Å². The van der Waals surface area contributed by atoms with Crippen LogP contribution in [0.15, 0.2) is 18.2 Å². The molecule has 1 aromatic rings. The van der Waals surface area contributed by atoms with Crippen molar-refractivity contribution in [2.75, 3.05) is 0 Å². The highest BCUT2D eigenvalue weighted by Gasteiger charge is 2.18. The normalized spacial score (nSPS) is 10.5. The van der Waals surface area contributed by atoms with E-state index in [2.05, 4.69) is 27.7 Å². The monoisotopic (exact) mass is 208 g/mol. The van der Waals surface area contributed by atoms with Gasteiger partial charge in [0.05, 0.1) is 0 Å². The zero-order chi connectivity index (χ0) is 12.1. The molecule has 0 fully saturated rings. The number of aryl methyl sites for hydroxylation is 1. The van der Waals surface area contributed by atoms with Crippen LogP contribution in [0, 0.1) is 0 Å². The molecule has 0 aromatic heterocycles. The van der Waals surface area contributed by atoms with Crippen molar-refractivity contribution < 1.29 is 5.11 Å². The topological polar surface area (TPSA) is 20.2 Å². The summed E-state index contributed by atoms with van der Waals surface area (Å²) in [5.41, 5.74) is 2.09. The summed E-state index contributed by atoms with van der Waals surface area (Å²) < 4.78 is 0. The third-order valence-corrected chi connectivity index (χ3v) is 2.31. The summed E-state index contributed by atoms with van der Waals surface area (Å²) in [7, 11) is 0. The maximum absolute atomic E-state index is 9.92. The minimum Gasteiger partial charge on any atom is -0.507 e. The number of benzene rings is 1. The molecule has 1 N–H and O–H groups in total. The third-order valence-electron chi connectivity index (χ3n) is 2.31. The van der Waals surface area contributed by atoms with E-state index in [1.807, 2.05) is 32.0 Å². The van der Waals surface area contributed by atoms with Gasteiger partial charge in [0.25, 0.3) is 0 Å². The predicted octanol–water partition coefficient (Wildman–Crippen LogP) is 4.28. The highest BCUT2D eigenvalue weighted by atomic mass is 16.3. The van der Waals surface area contributed by atoms with Crippen molar-refractivity contribution in [2.45, 2.75) is 53.4 Å². The van der Waals surface area contributed by atoms with Crippen LogP contribution in [0.1, 0.15) is 52.7 Å². The first kappa shape index (κ1) is 14.0. The first-order valence-electron chi connectivity index (χ1n) is 5.78. The number of phenolic OH excluding ortho intramolecular Hbond substituents is 1. The Hall–Kier alpha value is -0.980. The number of hydrogen-bond donors (Lipinski definition) is 1. The van der Waals surface area contributed by atoms with Crippen LogP contribution >= 0.6 is 0 Å². The zero-order valence-corrected chi connectivity index (χ0v) is 10.9. The van der Waals surface area contributed by atoms with Gasteiger partial charge in [0.15, 0.2) is 0 Å². The van der Waals surface area contributed by atoms with Crippen LogP contribution in [0.3, 0.4) is 0 Å². The molecule has 0 amide bonds. The largest absolute Gasteiger partial charge is 0.507 e. The Labute approximate surface area is 94.2 Å². The number of para-hydroxylation sites is 1. The Morgan fingerprint density at radius 1 is 1.13 bits per heavy atom. The fourth-order valence-corrected chi connectivity index (χ4v) is 1.48. The second-order valence-corrected chi connectivity index (χ2v) is 4.42. The van der Waals surface area contributed by atoms with Crippen molar-refractivity contribution in [3.63, 3.8) is 0 Å². The van der Waals surface area contributed by atoms with Gasteiger partial charge in [-0.15, -0.1) is 0 Å². The van der Waals surface area contributed by atoms with Crippen LogP contribution < -0.4 is 0 Å². The zero-order valence-electron chi connectivity index (χ0n) is 10.9. The number of rotatable bonds is 1. The molecule has 1 rings (SSSR count). The average Bonchev–Trinajstić information content (AvgIpc) is 2.19. The summed E-state index contributed by atoms with van der Waals surface area (Å²) in [5, 5.41) is 9.92. The fourth-order valence-electron chi connectivity index (χ4n) is 1.48. The molecular formula is C14H24O. The van der Waals surface area contributed by atoms with E-state index in [1.54, 1.807) is 0 Å². The Balaban J connectivity index is 0.000000921. The average molecular weight is 208 g/mol. The molecule has 0 bridgehead atoms. The van der Waals surface area contributed by atoms with Crippen LogP contribution in [-0.2, 0) is 11.8 Å². The van der Waals surface area contributed by atoms with Crippen molar-refractivity contribution in [1.29, 1.82) is 0 Å². The van der Waals surface area contributed by atoms with Crippen molar-refractivity contribution in [2.24, 2.45) is 0 Å². The lowest BCUT2D eigenvalue weighted by Gasteiger charge is -2.21. The van der Waals surface area contributed by atoms with E-state index in [-0.39, 0.29) is 5.41 Å². The van der Waals surface area contributed by atoms with E-state index in [9.17, 15) is 5.11 Å². The second kappa shape index (κ2) is 5.79. The minimum absolute atomic E-state index is 0.0231. The molecule has 0 aliphatic rings. The number of aromatic hydroxyl groups is 1. The van der Waals surface area contributed by atoms with E-state index >= 15 is 0 Å². The van der Waals surface area contributed by atoms with E-state index in [1.165, 1.54) is 0 Å². The molecule has 0 saturated heterocycles. The van der Waals surface area contributed by atoms with E-state index < -0.39 is 0 Å². The molecule has 15 heavy (non-hydrogen) atoms. The summed E-state index contributed by atoms with van der Waals surface area (Å²) in [6.45, 7) is 12.4. The Morgan fingerprint density at radius 2 is 1.67 bits per heavy atom. The molecule has 0 heterocycles. The summed E-state index contributed by atoms with van der Waals surface area (Å²) in [6.07, 6.45) is 0.885. The highest BCUT2D eigenvalue weighted by molar-refractivity contribution is 5.43. The van der Waals surface area contributed by atoms with Crippen LogP contribution in [0.2, 0.25) is 0 Å². The standard InChI is InChI=1S/C12H18O.C2H6/c1-5-9-7-6-8-10(11(9)13)12(2,3)4;1-2/h6-8,13H,5H2,1-4H3;1-2H3. The van der Waals surface area contributed by atoms with Crippen molar-refractivity contribution in [1.82, 2.24) is 0 Å². The van der Waals surface area contributed by atoms with Gasteiger partial charge in [-0.3, -0.25) is 0 Å². The van der Waals surface area contributed by atoms with Gasteiger partial charge in [0, 0.05) is 0 Å². The van der Waals surface area contributed by atoms with Gasteiger partial charge in [0.1, 0.15) is 5.75 Å². The van der Waals surface area contributed by atoms with Gasteiger partial charge in [-0.05, 0) is 23.0 Å². The predicted molar refractivity (Wildman–Crippen MR) is 67.5 cm³/mol. The molecule has 0 radical (unpaired) electrons. The lowest BCUT2D eigenvalue weighted by Crippen LogP contribution is -2.11. The molecule has 0 aliphatic heterocycles. The van der Waals surface area contributed by atoms with Gasteiger partial charge < -0.3 is 5.11 Å². The molecule has 1 nitrogen and oxygen atoms in total. The molecule has 0 atom stereocenters. The molecule has 0 spiro atoms. The van der Waals surface area contributed by atoms with Crippen molar-refractivity contribution in [3.8, 4) is 5.75 Å². The van der Waals surface area contributed by atoms with Gasteiger partial charge in [0.2, 0.25) is 0 Å². The molecular weight excluding hydrogens is 184 g/mol. The highest BCUT2D eigenvalue weighted by Crippen LogP contribution is 2.32. The van der Waals surface area contributed by atoms with E-state index in [0.29, 0.717) is 5.75 Å². The molecule has 1 aromatic carbocycles. The van der Waals surface area contributed by atoms with Gasteiger partial charge >= 0.3 is 0 Å². The van der Waals surface area contributed by atoms with Crippen LogP contribution in [0.25, 0.3) is 0 Å². The smallest absolute Gasteiger partial charge is 0.122 e. The van der Waals surface area contributed by atoms with E-state index in [0.717, 1.165) is 17.5 Å². The molecule has 0 aliphatic carbocycles. The third kappa shape index (κ3) is 3.58. The first-order chi connectivity index (χ1) is 6.96. The number of phenols is 1. The van der Waals surface area contributed by atoms with Gasteiger partial charge in [-0.25, -0.2) is 0 Å². The minimum atomic E-state index is 0.0231. The Kier molecular flexibility index (Phi) is 5.41. The fraction of sp³-hybridized carbons (Fsp3) is 0.571. The number of hydrogen-bond acceptors (Lipinski definition) is 1. The first-order valence-corrected chi connectivity index (χ1v) is 5.78. The lowest BCUT2D eigenvalue weighted by atomic mass is 9.85. The SMILES string of the molecule is CC.CCc1cccc(C(C)(C)C)c1O. The summed E-state index contributed by atoms with van der Waals surface area (Å²) in [6, 6.07) is 5.98.